The highest BCUT2D eigenvalue weighted by molar-refractivity contribution is 5.97. The van der Waals surface area contributed by atoms with Gasteiger partial charge < -0.3 is 15.2 Å². The number of nitrogens with zero attached hydrogens (tertiary/aromatic N) is 4. The minimum Gasteiger partial charge on any atom is -0.395 e. The molecule has 2 aromatic heterocycles. The third-order valence-electron chi connectivity index (χ3n) is 3.62. The Kier molecular flexibility index (Phi) is 3.17. The molecule has 0 unspecified atom stereocenters. The first-order valence-corrected chi connectivity index (χ1v) is 6.82. The van der Waals surface area contributed by atoms with Gasteiger partial charge in [-0.15, -0.1) is 0 Å². The number of aromatic amines is 1. The van der Waals surface area contributed by atoms with Crippen LogP contribution in [0.1, 0.15) is 35.4 Å². The number of nitrogen functional groups attached to an aromatic ring is 1. The zero-order valence-corrected chi connectivity index (χ0v) is 11.5. The zero-order valence-electron chi connectivity index (χ0n) is 11.5. The second-order valence-electron chi connectivity index (χ2n) is 4.98. The van der Waals surface area contributed by atoms with Crippen LogP contribution >= 0.6 is 0 Å². The number of aromatic nitrogens is 4. The van der Waals surface area contributed by atoms with E-state index in [2.05, 4.69) is 26.7 Å². The summed E-state index contributed by atoms with van der Waals surface area (Å²) in [6.45, 7) is 3.97. The molecule has 1 aliphatic heterocycles. The van der Waals surface area contributed by atoms with E-state index in [0.717, 1.165) is 30.9 Å². The number of H-pyrrole nitrogens is 1. The van der Waals surface area contributed by atoms with Gasteiger partial charge in [0.15, 0.2) is 5.69 Å². The van der Waals surface area contributed by atoms with Crippen molar-refractivity contribution in [2.24, 2.45) is 0 Å². The summed E-state index contributed by atoms with van der Waals surface area (Å²) in [7, 11) is 0. The molecule has 20 heavy (non-hydrogen) atoms. The Balaban J connectivity index is 1.80. The van der Waals surface area contributed by atoms with Gasteiger partial charge in [0.25, 0.3) is 5.91 Å². The average Bonchev–Trinajstić information content (AvgIpc) is 3.05. The van der Waals surface area contributed by atoms with Crippen molar-refractivity contribution in [3.8, 4) is 0 Å². The van der Waals surface area contributed by atoms with Crippen molar-refractivity contribution in [3.63, 3.8) is 0 Å². The van der Waals surface area contributed by atoms with E-state index < -0.39 is 0 Å². The molecule has 0 aliphatic carbocycles. The molecule has 0 saturated heterocycles. The van der Waals surface area contributed by atoms with Crippen LogP contribution in [-0.2, 0) is 19.5 Å². The summed E-state index contributed by atoms with van der Waals surface area (Å²) in [6.07, 6.45) is 5.45. The molecule has 1 aliphatic rings. The third kappa shape index (κ3) is 2.04. The number of imidazole rings is 1. The minimum atomic E-state index is -0.129. The van der Waals surface area contributed by atoms with Gasteiger partial charge in [-0.1, -0.05) is 13.3 Å². The number of hydrogen-bond donors (Lipinski definition) is 2. The van der Waals surface area contributed by atoms with Crippen molar-refractivity contribution in [2.75, 3.05) is 12.3 Å². The van der Waals surface area contributed by atoms with Crippen LogP contribution in [0.2, 0.25) is 0 Å². The van der Waals surface area contributed by atoms with Gasteiger partial charge in [-0.25, -0.2) is 4.98 Å². The normalized spacial score (nSPS) is 14.3. The lowest BCUT2D eigenvalue weighted by Crippen LogP contribution is -2.38. The van der Waals surface area contributed by atoms with E-state index in [1.807, 2.05) is 6.20 Å². The number of carbonyl (C=O) groups excluding carboxylic acids is 1. The van der Waals surface area contributed by atoms with Gasteiger partial charge in [0.1, 0.15) is 5.82 Å². The largest absolute Gasteiger partial charge is 0.395 e. The zero-order chi connectivity index (χ0) is 14.1. The van der Waals surface area contributed by atoms with Crippen LogP contribution in [0, 0.1) is 0 Å². The van der Waals surface area contributed by atoms with Crippen molar-refractivity contribution < 1.29 is 4.79 Å². The Morgan fingerprint density at radius 1 is 1.50 bits per heavy atom. The summed E-state index contributed by atoms with van der Waals surface area (Å²) in [5.74, 6) is 0.767. The molecule has 0 atom stereocenters. The predicted molar refractivity (Wildman–Crippen MR) is 74.0 cm³/mol. The number of nitrogens with two attached hydrogens (primary N) is 1. The van der Waals surface area contributed by atoms with Gasteiger partial charge in [0, 0.05) is 25.5 Å². The second kappa shape index (κ2) is 4.99. The Hall–Kier alpha value is -2.31. The number of rotatable bonds is 3. The van der Waals surface area contributed by atoms with Gasteiger partial charge in [-0.2, -0.15) is 5.10 Å². The van der Waals surface area contributed by atoms with Crippen LogP contribution in [0.25, 0.3) is 0 Å². The number of anilines is 1. The molecule has 2 aromatic rings. The summed E-state index contributed by atoms with van der Waals surface area (Å²) >= 11 is 0. The lowest BCUT2D eigenvalue weighted by Gasteiger charge is -2.27. The van der Waals surface area contributed by atoms with E-state index in [4.69, 9.17) is 5.73 Å². The highest BCUT2D eigenvalue weighted by atomic mass is 16.2. The maximum absolute atomic E-state index is 12.5. The third-order valence-corrected chi connectivity index (χ3v) is 3.62. The van der Waals surface area contributed by atoms with E-state index in [0.29, 0.717) is 24.5 Å². The SMILES string of the molecule is CCCc1[nH]nc(C(=O)N2CCn3ccnc3C2)c1N. The van der Waals surface area contributed by atoms with Crippen molar-refractivity contribution in [2.45, 2.75) is 32.9 Å². The highest BCUT2D eigenvalue weighted by Crippen LogP contribution is 2.20. The van der Waals surface area contributed by atoms with Crippen molar-refractivity contribution in [3.05, 3.63) is 29.6 Å². The summed E-state index contributed by atoms with van der Waals surface area (Å²) in [6, 6.07) is 0. The van der Waals surface area contributed by atoms with Gasteiger partial charge in [0.05, 0.1) is 17.9 Å². The maximum Gasteiger partial charge on any atom is 0.276 e. The number of amides is 1. The van der Waals surface area contributed by atoms with Gasteiger partial charge in [-0.3, -0.25) is 9.89 Å². The first-order valence-electron chi connectivity index (χ1n) is 6.82. The van der Waals surface area contributed by atoms with E-state index in [1.54, 1.807) is 11.1 Å². The molecule has 7 heteroatoms. The van der Waals surface area contributed by atoms with Crippen LogP contribution in [0.4, 0.5) is 5.69 Å². The van der Waals surface area contributed by atoms with Crippen LogP contribution < -0.4 is 5.73 Å². The lowest BCUT2D eigenvalue weighted by atomic mass is 10.2. The molecular formula is C13H18N6O. The monoisotopic (exact) mass is 274 g/mol. The smallest absolute Gasteiger partial charge is 0.276 e. The fourth-order valence-electron chi connectivity index (χ4n) is 2.49. The van der Waals surface area contributed by atoms with Gasteiger partial charge in [-0.05, 0) is 6.42 Å². The van der Waals surface area contributed by atoms with E-state index in [9.17, 15) is 4.79 Å². The topological polar surface area (TPSA) is 92.8 Å². The maximum atomic E-state index is 12.5. The summed E-state index contributed by atoms with van der Waals surface area (Å²) in [5.41, 5.74) is 7.66. The predicted octanol–water partition coefficient (Wildman–Crippen LogP) is 0.797. The first-order chi connectivity index (χ1) is 9.70. The molecule has 0 saturated carbocycles. The molecule has 3 N–H and O–H groups in total. The number of nitrogens with one attached hydrogen (secondary N) is 1. The summed E-state index contributed by atoms with van der Waals surface area (Å²) in [4.78, 5) is 18.5. The van der Waals surface area contributed by atoms with E-state index in [-0.39, 0.29) is 5.91 Å². The Labute approximate surface area is 116 Å². The highest BCUT2D eigenvalue weighted by Gasteiger charge is 2.26. The molecule has 3 rings (SSSR count). The fourth-order valence-corrected chi connectivity index (χ4v) is 2.49. The second-order valence-corrected chi connectivity index (χ2v) is 4.98. The molecule has 0 radical (unpaired) electrons. The Morgan fingerprint density at radius 3 is 3.15 bits per heavy atom. The lowest BCUT2D eigenvalue weighted by molar-refractivity contribution is 0.0702. The molecule has 0 bridgehead atoms. The number of fused-ring (bicyclic) bond motifs is 1. The summed E-state index contributed by atoms with van der Waals surface area (Å²) < 4.78 is 2.06. The molecule has 0 spiro atoms. The molecule has 1 amide bonds. The summed E-state index contributed by atoms with van der Waals surface area (Å²) in [5, 5.41) is 6.95. The molecular weight excluding hydrogens is 256 g/mol. The molecule has 0 aromatic carbocycles. The quantitative estimate of drug-likeness (QED) is 0.865. The number of aryl methyl sites for hydroxylation is 1. The van der Waals surface area contributed by atoms with Crippen molar-refractivity contribution >= 4 is 11.6 Å². The number of hydrogen-bond acceptors (Lipinski definition) is 4. The minimum absolute atomic E-state index is 0.129. The van der Waals surface area contributed by atoms with Crippen LogP contribution in [-0.4, -0.2) is 37.1 Å². The van der Waals surface area contributed by atoms with Gasteiger partial charge in [0.2, 0.25) is 0 Å². The van der Waals surface area contributed by atoms with Crippen LogP contribution in [0.3, 0.4) is 0 Å². The fraction of sp³-hybridized carbons (Fsp3) is 0.462. The van der Waals surface area contributed by atoms with Crippen LogP contribution in [0.15, 0.2) is 12.4 Å². The van der Waals surface area contributed by atoms with Gasteiger partial charge >= 0.3 is 0 Å². The molecule has 0 fully saturated rings. The Bertz CT molecular complexity index is 629. The molecule has 3 heterocycles. The first kappa shape index (κ1) is 12.7. The number of carbonyl (C=O) groups is 1. The molecule has 106 valence electrons. The van der Waals surface area contributed by atoms with E-state index in [1.165, 1.54) is 0 Å². The van der Waals surface area contributed by atoms with E-state index >= 15 is 0 Å². The Morgan fingerprint density at radius 2 is 2.35 bits per heavy atom. The van der Waals surface area contributed by atoms with Crippen LogP contribution in [0.5, 0.6) is 0 Å². The molecule has 7 nitrogen and oxygen atoms in total. The average molecular weight is 274 g/mol. The van der Waals surface area contributed by atoms with Crippen molar-refractivity contribution in [1.82, 2.24) is 24.6 Å². The van der Waals surface area contributed by atoms with Crippen molar-refractivity contribution in [1.29, 1.82) is 0 Å². The standard InChI is InChI=1S/C13H18N6O/c1-2-3-9-11(14)12(17-16-9)13(20)19-7-6-18-5-4-15-10(18)8-19/h4-5H,2-3,6-8,14H2,1H3,(H,16,17).